The van der Waals surface area contributed by atoms with Gasteiger partial charge < -0.3 is 9.47 Å². The van der Waals surface area contributed by atoms with E-state index in [1.54, 1.807) is 30.1 Å². The lowest BCUT2D eigenvalue weighted by atomic mass is 10.1. The number of aryl methyl sites for hydroxylation is 1. The molecule has 3 aromatic carbocycles. The van der Waals surface area contributed by atoms with Crippen molar-refractivity contribution < 1.29 is 14.3 Å². The van der Waals surface area contributed by atoms with Gasteiger partial charge in [0.15, 0.2) is 0 Å². The summed E-state index contributed by atoms with van der Waals surface area (Å²) in [6.07, 6.45) is 4.99. The fraction of sp³-hybridized carbons (Fsp3) is 0.143. The normalized spacial score (nSPS) is 11.0. The molecule has 0 fully saturated rings. The summed E-state index contributed by atoms with van der Waals surface area (Å²) in [6, 6.07) is 24.0. The lowest BCUT2D eigenvalue weighted by Gasteiger charge is -2.12. The average molecular weight is 517 g/mol. The van der Waals surface area contributed by atoms with E-state index in [0.29, 0.717) is 23.3 Å². The Kier molecular flexibility index (Phi) is 7.60. The van der Waals surface area contributed by atoms with Gasteiger partial charge in [0.05, 0.1) is 17.8 Å². The molecular weight excluding hydrogens is 492 g/mol. The minimum atomic E-state index is -0.113. The lowest BCUT2D eigenvalue weighted by Crippen LogP contribution is -2.07. The molecule has 34 heavy (non-hydrogen) atoms. The molecule has 0 aliphatic heterocycles. The van der Waals surface area contributed by atoms with Gasteiger partial charge in [-0.3, -0.25) is 9.48 Å². The van der Waals surface area contributed by atoms with Crippen molar-refractivity contribution in [3.05, 3.63) is 106 Å². The molecule has 1 aromatic heterocycles. The van der Waals surface area contributed by atoms with Crippen LogP contribution in [0.3, 0.4) is 0 Å². The zero-order valence-corrected chi connectivity index (χ0v) is 20.7. The molecule has 0 amide bonds. The van der Waals surface area contributed by atoms with E-state index in [4.69, 9.17) is 9.47 Å². The number of ketones is 1. The standard InChI is InChI=1S/C28H25BrN2O3/c1-3-31-28(25(29)18-30-31)26(32)15-9-20-10-16-27(33-2)23(17-20)19-34-24-13-11-22(12-14-24)21-7-5-4-6-8-21/h4-18H,3,19H2,1-2H3/b15-9+. The predicted molar refractivity (Wildman–Crippen MR) is 138 cm³/mol. The van der Waals surface area contributed by atoms with Crippen molar-refractivity contribution in [2.75, 3.05) is 7.11 Å². The van der Waals surface area contributed by atoms with Crippen molar-refractivity contribution in [3.8, 4) is 22.6 Å². The maximum absolute atomic E-state index is 12.7. The predicted octanol–water partition coefficient (Wildman–Crippen LogP) is 6.82. The van der Waals surface area contributed by atoms with Gasteiger partial charge in [0.25, 0.3) is 0 Å². The maximum Gasteiger partial charge on any atom is 0.205 e. The number of hydrogen-bond donors (Lipinski definition) is 0. The van der Waals surface area contributed by atoms with Crippen molar-refractivity contribution in [1.82, 2.24) is 9.78 Å². The molecule has 0 N–H and O–H groups in total. The van der Waals surface area contributed by atoms with Gasteiger partial charge in [-0.25, -0.2) is 0 Å². The Morgan fingerprint density at radius 2 is 1.76 bits per heavy atom. The second-order valence-electron chi connectivity index (χ2n) is 7.60. The first-order valence-corrected chi connectivity index (χ1v) is 11.8. The van der Waals surface area contributed by atoms with Crippen LogP contribution in [-0.4, -0.2) is 22.7 Å². The zero-order valence-electron chi connectivity index (χ0n) is 19.1. The molecule has 4 rings (SSSR count). The van der Waals surface area contributed by atoms with Gasteiger partial charge in [-0.2, -0.15) is 5.10 Å². The Labute approximate surface area is 207 Å². The molecule has 0 saturated carbocycles. The quantitative estimate of drug-likeness (QED) is 0.181. The molecular formula is C28H25BrN2O3. The Morgan fingerprint density at radius 3 is 2.47 bits per heavy atom. The molecule has 0 unspecified atom stereocenters. The summed E-state index contributed by atoms with van der Waals surface area (Å²) in [5.74, 6) is 1.39. The number of aromatic nitrogens is 2. The van der Waals surface area contributed by atoms with Crippen LogP contribution in [0, 0.1) is 0 Å². The Morgan fingerprint density at radius 1 is 1.03 bits per heavy atom. The highest BCUT2D eigenvalue weighted by molar-refractivity contribution is 9.10. The van der Waals surface area contributed by atoms with Crippen LogP contribution in [0.1, 0.15) is 28.5 Å². The highest BCUT2D eigenvalue weighted by Crippen LogP contribution is 2.26. The first-order valence-electron chi connectivity index (χ1n) is 11.0. The van der Waals surface area contributed by atoms with Crippen LogP contribution in [0.15, 0.2) is 89.5 Å². The molecule has 0 radical (unpaired) electrons. The van der Waals surface area contributed by atoms with E-state index in [2.05, 4.69) is 33.2 Å². The van der Waals surface area contributed by atoms with Crippen molar-refractivity contribution in [2.45, 2.75) is 20.1 Å². The third-order valence-electron chi connectivity index (χ3n) is 5.42. The summed E-state index contributed by atoms with van der Waals surface area (Å²) < 4.78 is 13.9. The van der Waals surface area contributed by atoms with Crippen LogP contribution in [0.25, 0.3) is 17.2 Å². The smallest absolute Gasteiger partial charge is 0.205 e. The maximum atomic E-state index is 12.7. The second kappa shape index (κ2) is 11.0. The number of ether oxygens (including phenoxy) is 2. The van der Waals surface area contributed by atoms with E-state index in [1.807, 2.05) is 67.6 Å². The zero-order chi connectivity index (χ0) is 23.9. The molecule has 1 heterocycles. The highest BCUT2D eigenvalue weighted by atomic mass is 79.9. The average Bonchev–Trinajstić information content (AvgIpc) is 3.27. The van der Waals surface area contributed by atoms with Crippen molar-refractivity contribution in [3.63, 3.8) is 0 Å². The van der Waals surface area contributed by atoms with Crippen molar-refractivity contribution in [2.24, 2.45) is 0 Å². The summed E-state index contributed by atoms with van der Waals surface area (Å²) in [4.78, 5) is 12.7. The molecule has 0 aliphatic rings. The van der Waals surface area contributed by atoms with Crippen molar-refractivity contribution >= 4 is 27.8 Å². The lowest BCUT2D eigenvalue weighted by molar-refractivity contribution is 0.103. The van der Waals surface area contributed by atoms with Crippen LogP contribution in [0.5, 0.6) is 11.5 Å². The first kappa shape index (κ1) is 23.5. The number of carbonyl (C=O) groups is 1. The topological polar surface area (TPSA) is 53.4 Å². The van der Waals surface area contributed by atoms with Gasteiger partial charge in [0.1, 0.15) is 23.8 Å². The highest BCUT2D eigenvalue weighted by Gasteiger charge is 2.14. The summed E-state index contributed by atoms with van der Waals surface area (Å²) in [7, 11) is 1.63. The van der Waals surface area contributed by atoms with Gasteiger partial charge in [0, 0.05) is 12.1 Å². The summed E-state index contributed by atoms with van der Waals surface area (Å²) in [6.45, 7) is 2.92. The number of carbonyl (C=O) groups excluding carboxylic acids is 1. The number of hydrogen-bond acceptors (Lipinski definition) is 4. The van der Waals surface area contributed by atoms with Crippen LogP contribution >= 0.6 is 15.9 Å². The Hall–Kier alpha value is -3.64. The third kappa shape index (κ3) is 5.46. The van der Waals surface area contributed by atoms with E-state index in [-0.39, 0.29) is 5.78 Å². The van der Waals surface area contributed by atoms with Crippen LogP contribution in [0.4, 0.5) is 0 Å². The van der Waals surface area contributed by atoms with E-state index < -0.39 is 0 Å². The largest absolute Gasteiger partial charge is 0.496 e. The van der Waals surface area contributed by atoms with Gasteiger partial charge >= 0.3 is 0 Å². The number of halogens is 1. The molecule has 6 heteroatoms. The number of methoxy groups -OCH3 is 1. The second-order valence-corrected chi connectivity index (χ2v) is 8.46. The van der Waals surface area contributed by atoms with Crippen molar-refractivity contribution in [1.29, 1.82) is 0 Å². The van der Waals surface area contributed by atoms with E-state index in [0.717, 1.165) is 28.2 Å². The van der Waals surface area contributed by atoms with E-state index >= 15 is 0 Å². The molecule has 0 spiro atoms. The third-order valence-corrected chi connectivity index (χ3v) is 6.00. The molecule has 0 atom stereocenters. The minimum Gasteiger partial charge on any atom is -0.496 e. The molecule has 5 nitrogen and oxygen atoms in total. The first-order chi connectivity index (χ1) is 16.6. The number of benzene rings is 3. The fourth-order valence-electron chi connectivity index (χ4n) is 3.65. The van der Waals surface area contributed by atoms with Gasteiger partial charge in [0.2, 0.25) is 5.78 Å². The molecule has 0 bridgehead atoms. The number of nitrogens with zero attached hydrogens (tertiary/aromatic N) is 2. The van der Waals surface area contributed by atoms with Gasteiger partial charge in [-0.05, 0) is 69.9 Å². The van der Waals surface area contributed by atoms with E-state index in [9.17, 15) is 4.79 Å². The SMILES string of the molecule is CCn1ncc(Br)c1C(=O)/C=C/c1ccc(OC)c(COc2ccc(-c3ccccc3)cc2)c1. The van der Waals surface area contributed by atoms with Crippen LogP contribution in [-0.2, 0) is 13.2 Å². The molecule has 172 valence electrons. The van der Waals surface area contributed by atoms with Crippen LogP contribution in [0.2, 0.25) is 0 Å². The summed E-state index contributed by atoms with van der Waals surface area (Å²) in [5, 5.41) is 4.20. The molecule has 0 saturated heterocycles. The Bertz CT molecular complexity index is 1300. The minimum absolute atomic E-state index is 0.113. The van der Waals surface area contributed by atoms with Crippen LogP contribution < -0.4 is 9.47 Å². The number of rotatable bonds is 9. The summed E-state index contributed by atoms with van der Waals surface area (Å²) in [5.41, 5.74) is 4.61. The van der Waals surface area contributed by atoms with E-state index in [1.165, 1.54) is 5.56 Å². The van der Waals surface area contributed by atoms with Gasteiger partial charge in [-0.1, -0.05) is 54.6 Å². The molecule has 0 aliphatic carbocycles. The molecule has 4 aromatic rings. The Balaban J connectivity index is 1.47. The number of allylic oxidation sites excluding steroid dienone is 1. The monoisotopic (exact) mass is 516 g/mol. The van der Waals surface area contributed by atoms with Gasteiger partial charge in [-0.15, -0.1) is 0 Å². The summed E-state index contributed by atoms with van der Waals surface area (Å²) >= 11 is 3.40. The fourth-order valence-corrected chi connectivity index (χ4v) is 4.14.